The van der Waals surface area contributed by atoms with E-state index in [-0.39, 0.29) is 0 Å². The summed E-state index contributed by atoms with van der Waals surface area (Å²) in [6, 6.07) is 4.74. The van der Waals surface area contributed by atoms with Gasteiger partial charge in [0.1, 0.15) is 0 Å². The second-order valence-electron chi connectivity index (χ2n) is 6.83. The van der Waals surface area contributed by atoms with Crippen LogP contribution in [-0.4, -0.2) is 0 Å². The Hall–Kier alpha value is -0.780. The van der Waals surface area contributed by atoms with Crippen molar-refractivity contribution in [2.45, 2.75) is 73.6 Å². The van der Waals surface area contributed by atoms with Gasteiger partial charge in [0, 0.05) is 0 Å². The Morgan fingerprint density at radius 1 is 0.789 bits per heavy atom. The molecule has 108 valence electrons. The van der Waals surface area contributed by atoms with Crippen molar-refractivity contribution in [1.82, 2.24) is 0 Å². The van der Waals surface area contributed by atoms with Crippen LogP contribution < -0.4 is 0 Å². The Labute approximate surface area is 120 Å². The Kier molecular flexibility index (Phi) is 6.62. The van der Waals surface area contributed by atoms with Gasteiger partial charge >= 0.3 is 0 Å². The first-order valence-electron chi connectivity index (χ1n) is 7.97. The van der Waals surface area contributed by atoms with Gasteiger partial charge in [-0.1, -0.05) is 52.2 Å². The minimum Gasteiger partial charge on any atom is -0.0628 e. The van der Waals surface area contributed by atoms with E-state index in [9.17, 15) is 0 Å². The molecule has 19 heavy (non-hydrogen) atoms. The second kappa shape index (κ2) is 7.72. The Morgan fingerprint density at radius 3 is 2.05 bits per heavy atom. The molecule has 1 aromatic rings. The molecule has 1 atom stereocenters. The first kappa shape index (κ1) is 16.3. The lowest BCUT2D eigenvalue weighted by Gasteiger charge is -2.14. The van der Waals surface area contributed by atoms with Gasteiger partial charge in [-0.15, -0.1) is 0 Å². The molecule has 0 aromatic heterocycles. The molecular weight excluding hydrogens is 228 g/mol. The van der Waals surface area contributed by atoms with Crippen molar-refractivity contribution in [2.24, 2.45) is 11.8 Å². The molecular formula is C19H32. The lowest BCUT2D eigenvalue weighted by Crippen LogP contribution is -2.01. The molecule has 0 N–H and O–H groups in total. The molecule has 1 aromatic carbocycles. The zero-order valence-electron chi connectivity index (χ0n) is 13.8. The predicted octanol–water partition coefficient (Wildman–Crippen LogP) is 6.01. The third-order valence-corrected chi connectivity index (χ3v) is 4.34. The first-order chi connectivity index (χ1) is 8.90. The molecule has 1 unspecified atom stereocenters. The molecule has 0 heteroatoms. The van der Waals surface area contributed by atoms with Crippen LogP contribution in [-0.2, 0) is 6.42 Å². The van der Waals surface area contributed by atoms with Crippen LogP contribution in [0.15, 0.2) is 12.1 Å². The summed E-state index contributed by atoms with van der Waals surface area (Å²) in [5.41, 5.74) is 5.88. The average Bonchev–Trinajstić information content (AvgIpc) is 2.31. The molecule has 0 saturated heterocycles. The van der Waals surface area contributed by atoms with Gasteiger partial charge in [0.05, 0.1) is 0 Å². The Balaban J connectivity index is 2.42. The van der Waals surface area contributed by atoms with Crippen molar-refractivity contribution in [3.8, 4) is 0 Å². The van der Waals surface area contributed by atoms with Crippen molar-refractivity contribution < 1.29 is 0 Å². The van der Waals surface area contributed by atoms with Crippen LogP contribution in [0.5, 0.6) is 0 Å². The molecule has 0 aliphatic heterocycles. The van der Waals surface area contributed by atoms with E-state index in [0.29, 0.717) is 0 Å². The molecule has 0 bridgehead atoms. The van der Waals surface area contributed by atoms with E-state index < -0.39 is 0 Å². The van der Waals surface area contributed by atoms with E-state index in [0.717, 1.165) is 11.8 Å². The van der Waals surface area contributed by atoms with E-state index in [1.165, 1.54) is 48.8 Å². The van der Waals surface area contributed by atoms with Gasteiger partial charge in [0.25, 0.3) is 0 Å². The predicted molar refractivity (Wildman–Crippen MR) is 86.8 cm³/mol. The quantitative estimate of drug-likeness (QED) is 0.563. The monoisotopic (exact) mass is 260 g/mol. The van der Waals surface area contributed by atoms with Crippen molar-refractivity contribution in [3.63, 3.8) is 0 Å². The number of rotatable bonds is 7. The summed E-state index contributed by atoms with van der Waals surface area (Å²) in [5.74, 6) is 1.72. The lowest BCUT2D eigenvalue weighted by atomic mass is 9.91. The summed E-state index contributed by atoms with van der Waals surface area (Å²) in [6.07, 6.45) is 6.75. The number of aryl methyl sites for hydroxylation is 4. The fourth-order valence-corrected chi connectivity index (χ4v) is 2.71. The fourth-order valence-electron chi connectivity index (χ4n) is 2.71. The minimum absolute atomic E-state index is 0.856. The molecule has 0 saturated carbocycles. The highest BCUT2D eigenvalue weighted by Crippen LogP contribution is 2.21. The van der Waals surface area contributed by atoms with Gasteiger partial charge in [-0.2, -0.15) is 0 Å². The van der Waals surface area contributed by atoms with Crippen molar-refractivity contribution in [1.29, 1.82) is 0 Å². The third-order valence-electron chi connectivity index (χ3n) is 4.34. The summed E-state index contributed by atoms with van der Waals surface area (Å²) in [5, 5.41) is 0. The van der Waals surface area contributed by atoms with E-state index >= 15 is 0 Å². The van der Waals surface area contributed by atoms with Crippen LogP contribution in [0.1, 0.15) is 68.7 Å². The second-order valence-corrected chi connectivity index (χ2v) is 6.83. The van der Waals surface area contributed by atoms with Gasteiger partial charge in [-0.05, 0) is 67.7 Å². The minimum atomic E-state index is 0.856. The Bertz CT molecular complexity index is 387. The maximum absolute atomic E-state index is 2.41. The highest BCUT2D eigenvalue weighted by molar-refractivity contribution is 5.36. The zero-order chi connectivity index (χ0) is 14.4. The van der Waals surface area contributed by atoms with E-state index in [1.807, 2.05) is 0 Å². The summed E-state index contributed by atoms with van der Waals surface area (Å²) < 4.78 is 0. The van der Waals surface area contributed by atoms with Crippen molar-refractivity contribution in [3.05, 3.63) is 34.4 Å². The van der Waals surface area contributed by atoms with E-state index in [2.05, 4.69) is 53.7 Å². The first-order valence-corrected chi connectivity index (χ1v) is 7.97. The smallest absolute Gasteiger partial charge is 0.0274 e. The summed E-state index contributed by atoms with van der Waals surface area (Å²) in [4.78, 5) is 0. The summed E-state index contributed by atoms with van der Waals surface area (Å²) in [7, 11) is 0. The van der Waals surface area contributed by atoms with Gasteiger partial charge < -0.3 is 0 Å². The molecule has 0 spiro atoms. The van der Waals surface area contributed by atoms with Gasteiger partial charge in [0.15, 0.2) is 0 Å². The van der Waals surface area contributed by atoms with E-state index in [4.69, 9.17) is 0 Å². The van der Waals surface area contributed by atoms with Gasteiger partial charge in [-0.25, -0.2) is 0 Å². The van der Waals surface area contributed by atoms with Gasteiger partial charge in [0.2, 0.25) is 0 Å². The average molecular weight is 260 g/mol. The SMILES string of the molecule is Cc1cc(C)c(CCC(C)CCCC(C)C)cc1C. The summed E-state index contributed by atoms with van der Waals surface area (Å²) >= 11 is 0. The largest absolute Gasteiger partial charge is 0.0628 e. The van der Waals surface area contributed by atoms with Crippen LogP contribution in [0.3, 0.4) is 0 Å². The van der Waals surface area contributed by atoms with Crippen LogP contribution in [0.4, 0.5) is 0 Å². The highest BCUT2D eigenvalue weighted by atomic mass is 14.1. The normalized spacial score (nSPS) is 13.0. The molecule has 0 amide bonds. The zero-order valence-corrected chi connectivity index (χ0v) is 13.8. The molecule has 0 aliphatic carbocycles. The number of benzene rings is 1. The molecule has 0 heterocycles. The molecule has 0 nitrogen and oxygen atoms in total. The Morgan fingerprint density at radius 2 is 1.42 bits per heavy atom. The lowest BCUT2D eigenvalue weighted by molar-refractivity contribution is 0.436. The number of hydrogen-bond donors (Lipinski definition) is 0. The molecule has 0 radical (unpaired) electrons. The topological polar surface area (TPSA) is 0 Å². The van der Waals surface area contributed by atoms with Crippen LogP contribution >= 0.6 is 0 Å². The molecule has 0 aliphatic rings. The van der Waals surface area contributed by atoms with Crippen LogP contribution in [0.25, 0.3) is 0 Å². The number of hydrogen-bond acceptors (Lipinski definition) is 0. The van der Waals surface area contributed by atoms with Crippen molar-refractivity contribution in [2.75, 3.05) is 0 Å². The maximum Gasteiger partial charge on any atom is -0.0274 e. The molecule has 1 rings (SSSR count). The van der Waals surface area contributed by atoms with Gasteiger partial charge in [-0.3, -0.25) is 0 Å². The van der Waals surface area contributed by atoms with Crippen LogP contribution in [0.2, 0.25) is 0 Å². The van der Waals surface area contributed by atoms with Crippen molar-refractivity contribution >= 4 is 0 Å². The fraction of sp³-hybridized carbons (Fsp3) is 0.684. The maximum atomic E-state index is 2.41. The van der Waals surface area contributed by atoms with Crippen LogP contribution in [0, 0.1) is 32.6 Å². The summed E-state index contributed by atoms with van der Waals surface area (Å²) in [6.45, 7) is 13.7. The standard InChI is InChI=1S/C19H32/c1-14(2)8-7-9-15(3)10-11-19-13-17(5)16(4)12-18(19)6/h12-15H,7-11H2,1-6H3. The molecule has 0 fully saturated rings. The third kappa shape index (κ3) is 5.80. The highest BCUT2D eigenvalue weighted by Gasteiger charge is 2.06. The van der Waals surface area contributed by atoms with E-state index in [1.54, 1.807) is 5.56 Å².